The van der Waals surface area contributed by atoms with Crippen LogP contribution in [0.4, 0.5) is 11.7 Å². The Bertz CT molecular complexity index is 1090. The number of hydrogen-bond donors (Lipinski definition) is 2. The summed E-state index contributed by atoms with van der Waals surface area (Å²) in [5, 5.41) is 17.2. The fraction of sp³-hybridized carbons (Fsp3) is 0.238. The van der Waals surface area contributed by atoms with Crippen molar-refractivity contribution in [2.45, 2.75) is 6.54 Å². The van der Waals surface area contributed by atoms with Crippen LogP contribution in [-0.2, 0) is 11.3 Å². The van der Waals surface area contributed by atoms with Crippen LogP contribution < -0.4 is 5.32 Å². The molecule has 1 saturated heterocycles. The van der Waals surface area contributed by atoms with Gasteiger partial charge in [-0.05, 0) is 22.9 Å². The smallest absolute Gasteiger partial charge is 0.299 e. The van der Waals surface area contributed by atoms with Gasteiger partial charge in [-0.2, -0.15) is 5.21 Å². The average Bonchev–Trinajstić information content (AvgIpc) is 3.48. The maximum absolute atomic E-state index is 5.90. The molecular formula is C21H21N7O2. The quantitative estimate of drug-likeness (QED) is 0.506. The van der Waals surface area contributed by atoms with Crippen LogP contribution in [0.15, 0.2) is 59.1 Å². The SMILES string of the molecule is c1cc(CN2CCOCC2)cc(Nc2ncc(-c3ccc(-c4nn[nH]n4)cc3)o2)c1. The Morgan fingerprint density at radius 1 is 1.03 bits per heavy atom. The van der Waals surface area contributed by atoms with Crippen LogP contribution >= 0.6 is 0 Å². The van der Waals surface area contributed by atoms with Crippen LogP contribution in [0, 0.1) is 0 Å². The molecule has 0 saturated carbocycles. The van der Waals surface area contributed by atoms with Gasteiger partial charge in [0.1, 0.15) is 0 Å². The number of anilines is 2. The molecule has 2 aromatic carbocycles. The molecule has 0 spiro atoms. The third-order valence-electron chi connectivity index (χ3n) is 4.97. The maximum atomic E-state index is 5.90. The van der Waals surface area contributed by atoms with Crippen molar-refractivity contribution < 1.29 is 9.15 Å². The Morgan fingerprint density at radius 2 is 1.87 bits per heavy atom. The summed E-state index contributed by atoms with van der Waals surface area (Å²) >= 11 is 0. The van der Waals surface area contributed by atoms with E-state index in [0.717, 1.165) is 49.7 Å². The van der Waals surface area contributed by atoms with Crippen LogP contribution in [0.2, 0.25) is 0 Å². The molecule has 2 N–H and O–H groups in total. The number of benzene rings is 2. The van der Waals surface area contributed by atoms with E-state index in [9.17, 15) is 0 Å². The second-order valence-electron chi connectivity index (χ2n) is 7.06. The van der Waals surface area contributed by atoms with Gasteiger partial charge in [0.2, 0.25) is 5.82 Å². The summed E-state index contributed by atoms with van der Waals surface area (Å²) in [4.78, 5) is 6.75. The highest BCUT2D eigenvalue weighted by Crippen LogP contribution is 2.26. The van der Waals surface area contributed by atoms with Crippen molar-refractivity contribution >= 4 is 11.7 Å². The summed E-state index contributed by atoms with van der Waals surface area (Å²) in [7, 11) is 0. The molecule has 30 heavy (non-hydrogen) atoms. The number of nitrogens with zero attached hydrogens (tertiary/aromatic N) is 5. The number of hydrogen-bond acceptors (Lipinski definition) is 8. The summed E-state index contributed by atoms with van der Waals surface area (Å²) < 4.78 is 11.3. The second kappa shape index (κ2) is 8.44. The maximum Gasteiger partial charge on any atom is 0.299 e. The highest BCUT2D eigenvalue weighted by molar-refractivity contribution is 5.64. The molecule has 0 bridgehead atoms. The van der Waals surface area contributed by atoms with Gasteiger partial charge < -0.3 is 14.5 Å². The number of rotatable bonds is 6. The molecule has 5 rings (SSSR count). The first-order valence-corrected chi connectivity index (χ1v) is 9.80. The zero-order valence-corrected chi connectivity index (χ0v) is 16.3. The van der Waals surface area contributed by atoms with Crippen molar-refractivity contribution in [2.75, 3.05) is 31.6 Å². The number of tetrazole rings is 1. The standard InChI is InChI=1S/C21H21N7O2/c1-2-15(14-28-8-10-29-11-9-28)12-18(3-1)23-21-22-13-19(30-21)16-4-6-17(7-5-16)20-24-26-27-25-20/h1-7,12-13H,8-11,14H2,(H,22,23)(H,24,25,26,27). The molecule has 0 radical (unpaired) electrons. The summed E-state index contributed by atoms with van der Waals surface area (Å²) in [6.07, 6.45) is 1.71. The van der Waals surface area contributed by atoms with Crippen LogP contribution in [0.3, 0.4) is 0 Å². The largest absolute Gasteiger partial charge is 0.423 e. The zero-order chi connectivity index (χ0) is 20.2. The van der Waals surface area contributed by atoms with Gasteiger partial charge in [0.05, 0.1) is 19.4 Å². The van der Waals surface area contributed by atoms with E-state index in [-0.39, 0.29) is 0 Å². The van der Waals surface area contributed by atoms with Crippen molar-refractivity contribution in [2.24, 2.45) is 0 Å². The number of oxazole rings is 1. The van der Waals surface area contributed by atoms with Crippen LogP contribution in [0.25, 0.3) is 22.7 Å². The second-order valence-corrected chi connectivity index (χ2v) is 7.06. The number of aromatic amines is 1. The average molecular weight is 403 g/mol. The summed E-state index contributed by atoms with van der Waals surface area (Å²) in [5.41, 5.74) is 3.98. The summed E-state index contributed by atoms with van der Waals surface area (Å²) in [6.45, 7) is 4.43. The fourth-order valence-corrected chi connectivity index (χ4v) is 3.42. The number of morpholine rings is 1. The molecule has 2 aromatic heterocycles. The lowest BCUT2D eigenvalue weighted by atomic mass is 10.1. The zero-order valence-electron chi connectivity index (χ0n) is 16.3. The van der Waals surface area contributed by atoms with Gasteiger partial charge in [-0.15, -0.1) is 10.2 Å². The van der Waals surface area contributed by atoms with Gasteiger partial charge in [0.25, 0.3) is 6.01 Å². The van der Waals surface area contributed by atoms with E-state index in [4.69, 9.17) is 9.15 Å². The highest BCUT2D eigenvalue weighted by Gasteiger charge is 2.12. The van der Waals surface area contributed by atoms with E-state index in [0.29, 0.717) is 17.6 Å². The number of ether oxygens (including phenoxy) is 1. The molecule has 0 atom stereocenters. The molecule has 1 aliphatic rings. The Hall–Kier alpha value is -3.56. The Balaban J connectivity index is 1.26. The van der Waals surface area contributed by atoms with E-state index < -0.39 is 0 Å². The lowest BCUT2D eigenvalue weighted by Crippen LogP contribution is -2.35. The lowest BCUT2D eigenvalue weighted by Gasteiger charge is -2.26. The van der Waals surface area contributed by atoms with Gasteiger partial charge >= 0.3 is 0 Å². The van der Waals surface area contributed by atoms with Crippen molar-refractivity contribution in [1.29, 1.82) is 0 Å². The van der Waals surface area contributed by atoms with Gasteiger partial charge in [0.15, 0.2) is 5.76 Å². The summed E-state index contributed by atoms with van der Waals surface area (Å²) in [6, 6.07) is 16.5. The molecule has 3 heterocycles. The molecular weight excluding hydrogens is 382 g/mol. The molecule has 1 aliphatic heterocycles. The van der Waals surface area contributed by atoms with Crippen molar-refractivity contribution in [1.82, 2.24) is 30.5 Å². The van der Waals surface area contributed by atoms with Gasteiger partial charge in [-0.3, -0.25) is 4.90 Å². The first kappa shape index (κ1) is 18.5. The van der Waals surface area contributed by atoms with E-state index >= 15 is 0 Å². The van der Waals surface area contributed by atoms with Crippen LogP contribution in [0.5, 0.6) is 0 Å². The normalized spacial score (nSPS) is 14.7. The van der Waals surface area contributed by atoms with Gasteiger partial charge in [-0.1, -0.05) is 36.4 Å². The molecule has 1 fully saturated rings. The Kier molecular flexibility index (Phi) is 5.19. The first-order chi connectivity index (χ1) is 14.8. The highest BCUT2D eigenvalue weighted by atomic mass is 16.5. The Morgan fingerprint density at radius 3 is 2.67 bits per heavy atom. The monoisotopic (exact) mass is 403 g/mol. The molecule has 9 nitrogen and oxygen atoms in total. The molecule has 152 valence electrons. The van der Waals surface area contributed by atoms with E-state index in [2.05, 4.69) is 48.0 Å². The lowest BCUT2D eigenvalue weighted by molar-refractivity contribution is 0.0342. The predicted octanol–water partition coefficient (Wildman–Crippen LogP) is 3.10. The van der Waals surface area contributed by atoms with Crippen molar-refractivity contribution in [3.8, 4) is 22.7 Å². The molecule has 0 unspecified atom stereocenters. The molecule has 9 heteroatoms. The third-order valence-corrected chi connectivity index (χ3v) is 4.97. The van der Waals surface area contributed by atoms with E-state index in [1.165, 1.54) is 5.56 Å². The van der Waals surface area contributed by atoms with Crippen molar-refractivity contribution in [3.63, 3.8) is 0 Å². The van der Waals surface area contributed by atoms with Gasteiger partial charge in [-0.25, -0.2) is 4.98 Å². The Labute approximate surface area is 173 Å². The van der Waals surface area contributed by atoms with E-state index in [1.54, 1.807) is 6.20 Å². The van der Waals surface area contributed by atoms with Crippen molar-refractivity contribution in [3.05, 3.63) is 60.3 Å². The summed E-state index contributed by atoms with van der Waals surface area (Å²) in [5.74, 6) is 1.24. The minimum Gasteiger partial charge on any atom is -0.423 e. The third kappa shape index (κ3) is 4.22. The minimum absolute atomic E-state index is 0.454. The number of aromatic nitrogens is 5. The predicted molar refractivity (Wildman–Crippen MR) is 111 cm³/mol. The fourth-order valence-electron chi connectivity index (χ4n) is 3.42. The molecule has 4 aromatic rings. The topological polar surface area (TPSA) is 105 Å². The molecule has 0 aliphatic carbocycles. The number of nitrogens with one attached hydrogen (secondary N) is 2. The first-order valence-electron chi connectivity index (χ1n) is 9.80. The van der Waals surface area contributed by atoms with E-state index in [1.807, 2.05) is 36.4 Å². The molecule has 0 amide bonds. The van der Waals surface area contributed by atoms with Crippen LogP contribution in [0.1, 0.15) is 5.56 Å². The van der Waals surface area contributed by atoms with Gasteiger partial charge in [0, 0.05) is 36.4 Å². The van der Waals surface area contributed by atoms with Crippen LogP contribution in [-0.4, -0.2) is 56.8 Å². The minimum atomic E-state index is 0.454. The number of H-pyrrole nitrogens is 1.